The van der Waals surface area contributed by atoms with Gasteiger partial charge in [-0.25, -0.2) is 4.98 Å². The van der Waals surface area contributed by atoms with Gasteiger partial charge in [0.05, 0.1) is 5.69 Å². The molecule has 0 saturated carbocycles. The van der Waals surface area contributed by atoms with Crippen LogP contribution in [0.25, 0.3) is 16.6 Å². The van der Waals surface area contributed by atoms with E-state index in [-0.39, 0.29) is 5.91 Å². The summed E-state index contributed by atoms with van der Waals surface area (Å²) in [5.41, 5.74) is 3.20. The zero-order chi connectivity index (χ0) is 17.1. The second kappa shape index (κ2) is 6.98. The number of aromatic nitrogens is 3. The largest absolute Gasteiger partial charge is 0.322 e. The van der Waals surface area contributed by atoms with Crippen LogP contribution in [0.2, 0.25) is 5.15 Å². The number of thiazole rings is 1. The Balaban J connectivity index is 1.73. The molecule has 0 spiro atoms. The molecule has 24 heavy (non-hydrogen) atoms. The Labute approximate surface area is 148 Å². The van der Waals surface area contributed by atoms with Crippen molar-refractivity contribution in [1.82, 2.24) is 14.8 Å². The van der Waals surface area contributed by atoms with Crippen molar-refractivity contribution in [1.29, 1.82) is 0 Å². The van der Waals surface area contributed by atoms with Gasteiger partial charge in [0, 0.05) is 41.5 Å². The number of carbonyl (C=O) groups is 1. The van der Waals surface area contributed by atoms with Crippen LogP contribution in [0.3, 0.4) is 0 Å². The molecule has 0 unspecified atom stereocenters. The van der Waals surface area contributed by atoms with Crippen LogP contribution in [0.5, 0.6) is 0 Å². The van der Waals surface area contributed by atoms with Crippen LogP contribution in [0.1, 0.15) is 11.3 Å². The fourth-order valence-electron chi connectivity index (χ4n) is 2.27. The Kier molecular flexibility index (Phi) is 4.78. The number of amides is 1. The standard InChI is InChI=1S/C17H15ClN4OS/c1-11-14(16(18)22(2)21-11)6-7-15(23)20-13-5-3-4-12(10-13)17-19-8-9-24-17/h3-10H,1-2H3,(H,20,23). The quantitative estimate of drug-likeness (QED) is 0.712. The lowest BCUT2D eigenvalue weighted by Gasteiger charge is -2.04. The van der Waals surface area contributed by atoms with Gasteiger partial charge in [0.15, 0.2) is 0 Å². The van der Waals surface area contributed by atoms with Crippen LogP contribution in [-0.2, 0) is 11.8 Å². The van der Waals surface area contributed by atoms with Crippen molar-refractivity contribution >= 4 is 40.6 Å². The maximum atomic E-state index is 12.1. The fourth-order valence-corrected chi connectivity index (χ4v) is 3.15. The number of hydrogen-bond acceptors (Lipinski definition) is 4. The van der Waals surface area contributed by atoms with Gasteiger partial charge in [-0.05, 0) is 25.1 Å². The van der Waals surface area contributed by atoms with E-state index >= 15 is 0 Å². The Morgan fingerprint density at radius 3 is 2.92 bits per heavy atom. The normalized spacial score (nSPS) is 11.1. The minimum Gasteiger partial charge on any atom is -0.322 e. The van der Waals surface area contributed by atoms with Crippen molar-refractivity contribution in [3.63, 3.8) is 0 Å². The first kappa shape index (κ1) is 16.4. The monoisotopic (exact) mass is 358 g/mol. The highest BCUT2D eigenvalue weighted by molar-refractivity contribution is 7.13. The number of anilines is 1. The molecule has 122 valence electrons. The molecule has 1 aromatic carbocycles. The molecular weight excluding hydrogens is 344 g/mol. The molecule has 0 bridgehead atoms. The van der Waals surface area contributed by atoms with Crippen molar-refractivity contribution < 1.29 is 4.79 Å². The molecule has 1 N–H and O–H groups in total. The molecule has 5 nitrogen and oxygen atoms in total. The average Bonchev–Trinajstić information content (AvgIpc) is 3.16. The third kappa shape index (κ3) is 3.55. The van der Waals surface area contributed by atoms with Crippen LogP contribution in [0, 0.1) is 6.92 Å². The Morgan fingerprint density at radius 1 is 1.42 bits per heavy atom. The van der Waals surface area contributed by atoms with Gasteiger partial charge in [0.25, 0.3) is 0 Å². The van der Waals surface area contributed by atoms with E-state index in [2.05, 4.69) is 15.4 Å². The molecule has 7 heteroatoms. The van der Waals surface area contributed by atoms with Crippen LogP contribution >= 0.6 is 22.9 Å². The van der Waals surface area contributed by atoms with Crippen LogP contribution < -0.4 is 5.32 Å². The summed E-state index contributed by atoms with van der Waals surface area (Å²) in [6, 6.07) is 7.58. The second-order valence-electron chi connectivity index (χ2n) is 5.15. The summed E-state index contributed by atoms with van der Waals surface area (Å²) in [5.74, 6) is -0.231. The number of aryl methyl sites for hydroxylation is 2. The minimum atomic E-state index is -0.231. The summed E-state index contributed by atoms with van der Waals surface area (Å²) in [7, 11) is 1.76. The van der Waals surface area contributed by atoms with Crippen molar-refractivity contribution in [2.75, 3.05) is 5.32 Å². The number of nitrogens with one attached hydrogen (secondary N) is 1. The van der Waals surface area contributed by atoms with Crippen molar-refractivity contribution in [3.8, 4) is 10.6 Å². The molecule has 1 amide bonds. The predicted octanol–water partition coefficient (Wildman–Crippen LogP) is 4.16. The summed E-state index contributed by atoms with van der Waals surface area (Å²) < 4.78 is 1.58. The Morgan fingerprint density at radius 2 is 2.25 bits per heavy atom. The molecular formula is C17H15ClN4OS. The highest BCUT2D eigenvalue weighted by Crippen LogP contribution is 2.24. The van der Waals surface area contributed by atoms with E-state index in [1.807, 2.05) is 36.6 Å². The minimum absolute atomic E-state index is 0.231. The van der Waals surface area contributed by atoms with E-state index in [0.717, 1.165) is 21.8 Å². The van der Waals surface area contributed by atoms with Crippen LogP contribution in [0.4, 0.5) is 5.69 Å². The van der Waals surface area contributed by atoms with Gasteiger partial charge < -0.3 is 5.32 Å². The molecule has 3 aromatic rings. The van der Waals surface area contributed by atoms with E-state index < -0.39 is 0 Å². The smallest absolute Gasteiger partial charge is 0.248 e. The Hall–Kier alpha value is -2.44. The van der Waals surface area contributed by atoms with Crippen LogP contribution in [0.15, 0.2) is 41.9 Å². The lowest BCUT2D eigenvalue weighted by molar-refractivity contribution is -0.111. The van der Waals surface area contributed by atoms with Gasteiger partial charge in [-0.3, -0.25) is 9.48 Å². The van der Waals surface area contributed by atoms with E-state index in [4.69, 9.17) is 11.6 Å². The molecule has 0 saturated heterocycles. The lowest BCUT2D eigenvalue weighted by Crippen LogP contribution is -2.07. The third-order valence-electron chi connectivity index (χ3n) is 3.41. The van der Waals surface area contributed by atoms with Crippen molar-refractivity contribution in [2.45, 2.75) is 6.92 Å². The number of rotatable bonds is 4. The SMILES string of the molecule is Cc1nn(C)c(Cl)c1C=CC(=O)Nc1cccc(-c2nccs2)c1. The maximum absolute atomic E-state index is 12.1. The van der Waals surface area contributed by atoms with Gasteiger partial charge >= 0.3 is 0 Å². The number of carbonyl (C=O) groups excluding carboxylic acids is 1. The number of hydrogen-bond donors (Lipinski definition) is 1. The van der Waals surface area contributed by atoms with Gasteiger partial charge in [-0.2, -0.15) is 5.10 Å². The summed E-state index contributed by atoms with van der Waals surface area (Å²) in [6.45, 7) is 1.85. The first-order valence-electron chi connectivity index (χ1n) is 7.22. The predicted molar refractivity (Wildman–Crippen MR) is 98.2 cm³/mol. The highest BCUT2D eigenvalue weighted by atomic mass is 35.5. The van der Waals surface area contributed by atoms with E-state index in [9.17, 15) is 4.79 Å². The zero-order valence-corrected chi connectivity index (χ0v) is 14.7. The lowest BCUT2D eigenvalue weighted by atomic mass is 10.2. The fraction of sp³-hybridized carbons (Fsp3) is 0.118. The zero-order valence-electron chi connectivity index (χ0n) is 13.2. The third-order valence-corrected chi connectivity index (χ3v) is 4.68. The van der Waals surface area contributed by atoms with Crippen LogP contribution in [-0.4, -0.2) is 20.7 Å². The summed E-state index contributed by atoms with van der Waals surface area (Å²) in [4.78, 5) is 16.4. The summed E-state index contributed by atoms with van der Waals surface area (Å²) in [5, 5.41) is 10.4. The molecule has 0 aliphatic rings. The van der Waals surface area contributed by atoms with Gasteiger partial charge in [0.1, 0.15) is 10.2 Å². The molecule has 0 aliphatic carbocycles. The first-order chi connectivity index (χ1) is 11.5. The maximum Gasteiger partial charge on any atom is 0.248 e. The molecule has 0 aliphatic heterocycles. The molecule has 0 radical (unpaired) electrons. The number of nitrogens with zero attached hydrogens (tertiary/aromatic N) is 3. The topological polar surface area (TPSA) is 59.8 Å². The molecule has 2 heterocycles. The summed E-state index contributed by atoms with van der Waals surface area (Å²) in [6.07, 6.45) is 4.88. The first-order valence-corrected chi connectivity index (χ1v) is 8.48. The molecule has 0 fully saturated rings. The Bertz CT molecular complexity index is 899. The van der Waals surface area contributed by atoms with Gasteiger partial charge in [-0.1, -0.05) is 23.7 Å². The number of halogens is 1. The van der Waals surface area contributed by atoms with Crippen molar-refractivity contribution in [3.05, 3.63) is 58.3 Å². The second-order valence-corrected chi connectivity index (χ2v) is 6.41. The number of benzene rings is 1. The van der Waals surface area contributed by atoms with Gasteiger partial charge in [0.2, 0.25) is 5.91 Å². The van der Waals surface area contributed by atoms with Gasteiger partial charge in [-0.15, -0.1) is 11.3 Å². The summed E-state index contributed by atoms with van der Waals surface area (Å²) >= 11 is 7.70. The molecule has 2 aromatic heterocycles. The van der Waals surface area contributed by atoms with E-state index in [0.29, 0.717) is 10.8 Å². The van der Waals surface area contributed by atoms with E-state index in [1.165, 1.54) is 6.08 Å². The molecule has 0 atom stereocenters. The highest BCUT2D eigenvalue weighted by Gasteiger charge is 2.09. The molecule has 3 rings (SSSR count). The van der Waals surface area contributed by atoms with Crippen molar-refractivity contribution in [2.24, 2.45) is 7.05 Å². The van der Waals surface area contributed by atoms with E-state index in [1.54, 1.807) is 35.3 Å². The average molecular weight is 359 g/mol.